The van der Waals surface area contributed by atoms with E-state index >= 15 is 0 Å². The molecule has 0 bridgehead atoms. The van der Waals surface area contributed by atoms with E-state index in [0.717, 1.165) is 0 Å². The molecule has 0 spiro atoms. The van der Waals surface area contributed by atoms with Gasteiger partial charge in [0.2, 0.25) is 0 Å². The standard InChI is InChI=1S/C12H9BrFNO/c13-8-5-9(14)7-12(6-8)16-11-3-1-10(15)2-4-11/h1-7H,15H2. The van der Waals surface area contributed by atoms with Crippen LogP contribution in [0.15, 0.2) is 46.9 Å². The van der Waals surface area contributed by atoms with Crippen LogP contribution in [0.2, 0.25) is 0 Å². The highest BCUT2D eigenvalue weighted by molar-refractivity contribution is 9.10. The van der Waals surface area contributed by atoms with Crippen molar-refractivity contribution in [1.29, 1.82) is 0 Å². The maximum atomic E-state index is 13.1. The van der Waals surface area contributed by atoms with E-state index in [1.54, 1.807) is 30.3 Å². The van der Waals surface area contributed by atoms with Gasteiger partial charge >= 0.3 is 0 Å². The zero-order valence-electron chi connectivity index (χ0n) is 8.28. The van der Waals surface area contributed by atoms with Gasteiger partial charge < -0.3 is 10.5 Å². The molecule has 4 heteroatoms. The largest absolute Gasteiger partial charge is 0.457 e. The van der Waals surface area contributed by atoms with Gasteiger partial charge in [-0.3, -0.25) is 0 Å². The van der Waals surface area contributed by atoms with Crippen LogP contribution in [0.25, 0.3) is 0 Å². The molecular formula is C12H9BrFNO. The van der Waals surface area contributed by atoms with Crippen LogP contribution in [0, 0.1) is 5.82 Å². The minimum absolute atomic E-state index is 0.347. The van der Waals surface area contributed by atoms with Gasteiger partial charge in [0.05, 0.1) is 0 Å². The van der Waals surface area contributed by atoms with E-state index in [2.05, 4.69) is 15.9 Å². The van der Waals surface area contributed by atoms with Crippen LogP contribution in [-0.4, -0.2) is 0 Å². The van der Waals surface area contributed by atoms with Crippen LogP contribution in [0.1, 0.15) is 0 Å². The lowest BCUT2D eigenvalue weighted by Crippen LogP contribution is -1.87. The Hall–Kier alpha value is -1.55. The van der Waals surface area contributed by atoms with Crippen LogP contribution in [-0.2, 0) is 0 Å². The van der Waals surface area contributed by atoms with Crippen LogP contribution >= 0.6 is 15.9 Å². The van der Waals surface area contributed by atoms with Gasteiger partial charge in [-0.25, -0.2) is 4.39 Å². The van der Waals surface area contributed by atoms with E-state index in [4.69, 9.17) is 10.5 Å². The lowest BCUT2D eigenvalue weighted by molar-refractivity contribution is 0.476. The van der Waals surface area contributed by atoms with Crippen molar-refractivity contribution in [1.82, 2.24) is 0 Å². The predicted octanol–water partition coefficient (Wildman–Crippen LogP) is 3.96. The summed E-state index contributed by atoms with van der Waals surface area (Å²) < 4.78 is 19.2. The third-order valence-corrected chi connectivity index (χ3v) is 2.41. The van der Waals surface area contributed by atoms with E-state index in [1.165, 1.54) is 12.1 Å². The number of hydrogen-bond acceptors (Lipinski definition) is 2. The van der Waals surface area contributed by atoms with Crippen molar-refractivity contribution in [3.8, 4) is 11.5 Å². The second kappa shape index (κ2) is 4.53. The Morgan fingerprint density at radius 1 is 1.00 bits per heavy atom. The molecule has 2 N–H and O–H groups in total. The molecule has 0 saturated carbocycles. The summed E-state index contributed by atoms with van der Waals surface area (Å²) >= 11 is 3.20. The van der Waals surface area contributed by atoms with Gasteiger partial charge in [0, 0.05) is 16.2 Å². The summed E-state index contributed by atoms with van der Waals surface area (Å²) in [6, 6.07) is 11.3. The normalized spacial score (nSPS) is 10.1. The summed E-state index contributed by atoms with van der Waals surface area (Å²) in [6.07, 6.45) is 0. The molecule has 0 atom stereocenters. The summed E-state index contributed by atoms with van der Waals surface area (Å²) in [5.74, 6) is 0.711. The van der Waals surface area contributed by atoms with Crippen molar-refractivity contribution < 1.29 is 9.13 Å². The van der Waals surface area contributed by atoms with Gasteiger partial charge in [0.15, 0.2) is 0 Å². The molecule has 0 unspecified atom stereocenters. The molecule has 0 aliphatic heterocycles. The van der Waals surface area contributed by atoms with Crippen molar-refractivity contribution in [2.45, 2.75) is 0 Å². The number of halogens is 2. The molecule has 2 aromatic carbocycles. The molecule has 0 aliphatic rings. The summed E-state index contributed by atoms with van der Waals surface area (Å²) in [6.45, 7) is 0. The first-order valence-electron chi connectivity index (χ1n) is 4.63. The van der Waals surface area contributed by atoms with Gasteiger partial charge in [-0.05, 0) is 36.4 Å². The molecule has 0 heterocycles. The lowest BCUT2D eigenvalue weighted by Gasteiger charge is -2.06. The first-order chi connectivity index (χ1) is 7.63. The maximum Gasteiger partial charge on any atom is 0.131 e. The first-order valence-corrected chi connectivity index (χ1v) is 5.42. The molecule has 2 nitrogen and oxygen atoms in total. The van der Waals surface area contributed by atoms with Crippen LogP contribution < -0.4 is 10.5 Å². The fraction of sp³-hybridized carbons (Fsp3) is 0. The second-order valence-corrected chi connectivity index (χ2v) is 4.19. The van der Waals surface area contributed by atoms with Crippen molar-refractivity contribution in [2.24, 2.45) is 0 Å². The SMILES string of the molecule is Nc1ccc(Oc2cc(F)cc(Br)c2)cc1. The molecule has 0 saturated heterocycles. The summed E-state index contributed by atoms with van der Waals surface area (Å²) in [4.78, 5) is 0. The van der Waals surface area contributed by atoms with Crippen molar-refractivity contribution in [2.75, 3.05) is 5.73 Å². The predicted molar refractivity (Wildman–Crippen MR) is 65.0 cm³/mol. The van der Waals surface area contributed by atoms with Crippen LogP contribution in [0.5, 0.6) is 11.5 Å². The zero-order chi connectivity index (χ0) is 11.5. The molecule has 0 aromatic heterocycles. The molecule has 0 amide bonds. The molecule has 2 aromatic rings. The number of ether oxygens (including phenoxy) is 1. The fourth-order valence-electron chi connectivity index (χ4n) is 1.26. The second-order valence-electron chi connectivity index (χ2n) is 3.28. The van der Waals surface area contributed by atoms with Gasteiger partial charge in [0.1, 0.15) is 17.3 Å². The van der Waals surface area contributed by atoms with Gasteiger partial charge in [-0.15, -0.1) is 0 Å². The summed E-state index contributed by atoms with van der Waals surface area (Å²) in [5, 5.41) is 0. The highest BCUT2D eigenvalue weighted by Gasteiger charge is 2.01. The van der Waals surface area contributed by atoms with Crippen molar-refractivity contribution >= 4 is 21.6 Å². The highest BCUT2D eigenvalue weighted by Crippen LogP contribution is 2.26. The maximum absolute atomic E-state index is 13.1. The van der Waals surface area contributed by atoms with Crippen LogP contribution in [0.4, 0.5) is 10.1 Å². The first kappa shape index (κ1) is 11.0. The molecule has 0 aliphatic carbocycles. The van der Waals surface area contributed by atoms with E-state index in [0.29, 0.717) is 21.7 Å². The summed E-state index contributed by atoms with van der Waals surface area (Å²) in [7, 11) is 0. The Balaban J connectivity index is 2.23. The summed E-state index contributed by atoms with van der Waals surface area (Å²) in [5.41, 5.74) is 6.21. The van der Waals surface area contributed by atoms with Gasteiger partial charge in [0.25, 0.3) is 0 Å². The van der Waals surface area contributed by atoms with Gasteiger partial charge in [-0.2, -0.15) is 0 Å². The Labute approximate surface area is 101 Å². The number of nitrogens with two attached hydrogens (primary N) is 1. The Bertz CT molecular complexity index is 479. The van der Waals surface area contributed by atoms with E-state index in [-0.39, 0.29) is 5.82 Å². The lowest BCUT2D eigenvalue weighted by atomic mass is 10.3. The van der Waals surface area contributed by atoms with Crippen molar-refractivity contribution in [3.63, 3.8) is 0 Å². The third kappa shape index (κ3) is 2.73. The van der Waals surface area contributed by atoms with Gasteiger partial charge in [-0.1, -0.05) is 15.9 Å². The van der Waals surface area contributed by atoms with E-state index in [9.17, 15) is 4.39 Å². The minimum atomic E-state index is -0.347. The third-order valence-electron chi connectivity index (χ3n) is 1.95. The van der Waals surface area contributed by atoms with Crippen molar-refractivity contribution in [3.05, 3.63) is 52.8 Å². The average Bonchev–Trinajstić information content (AvgIpc) is 2.20. The quantitative estimate of drug-likeness (QED) is 0.846. The Kier molecular flexibility index (Phi) is 3.10. The average molecular weight is 282 g/mol. The number of rotatable bonds is 2. The fourth-order valence-corrected chi connectivity index (χ4v) is 1.70. The molecule has 0 fully saturated rings. The zero-order valence-corrected chi connectivity index (χ0v) is 9.87. The number of hydrogen-bond donors (Lipinski definition) is 1. The van der Waals surface area contributed by atoms with Crippen LogP contribution in [0.3, 0.4) is 0 Å². The molecular weight excluding hydrogens is 273 g/mol. The Morgan fingerprint density at radius 3 is 2.31 bits per heavy atom. The Morgan fingerprint density at radius 2 is 1.69 bits per heavy atom. The van der Waals surface area contributed by atoms with E-state index in [1.807, 2.05) is 0 Å². The minimum Gasteiger partial charge on any atom is -0.457 e. The molecule has 16 heavy (non-hydrogen) atoms. The number of anilines is 1. The number of nitrogen functional groups attached to an aromatic ring is 1. The highest BCUT2D eigenvalue weighted by atomic mass is 79.9. The monoisotopic (exact) mass is 281 g/mol. The number of benzene rings is 2. The molecule has 82 valence electrons. The smallest absolute Gasteiger partial charge is 0.131 e. The molecule has 2 rings (SSSR count). The molecule has 0 radical (unpaired) electrons. The van der Waals surface area contributed by atoms with E-state index < -0.39 is 0 Å². The topological polar surface area (TPSA) is 35.2 Å².